The van der Waals surface area contributed by atoms with Crippen molar-refractivity contribution < 1.29 is 28.5 Å². The maximum Gasteiger partial charge on any atom is 0.309 e. The number of carbonyl (C=O) groups excluding carboxylic acids is 2. The molecule has 1 unspecified atom stereocenters. The third-order valence-corrected chi connectivity index (χ3v) is 8.03. The maximum atomic E-state index is 13.5. The van der Waals surface area contributed by atoms with Crippen LogP contribution in [0.4, 0.5) is 0 Å². The molecule has 1 saturated heterocycles. The van der Waals surface area contributed by atoms with Gasteiger partial charge in [-0.2, -0.15) is 0 Å². The van der Waals surface area contributed by atoms with Gasteiger partial charge in [0.05, 0.1) is 12.0 Å². The van der Waals surface area contributed by atoms with Crippen molar-refractivity contribution in [1.82, 2.24) is 9.88 Å². The zero-order valence-corrected chi connectivity index (χ0v) is 24.8. The molecule has 41 heavy (non-hydrogen) atoms. The van der Waals surface area contributed by atoms with Crippen LogP contribution >= 0.6 is 0 Å². The molecule has 8 nitrogen and oxygen atoms in total. The molecule has 222 valence electrons. The van der Waals surface area contributed by atoms with Gasteiger partial charge in [-0.15, -0.1) is 0 Å². The first kappa shape index (κ1) is 30.9. The highest BCUT2D eigenvalue weighted by Gasteiger charge is 2.62. The Morgan fingerprint density at radius 2 is 1.93 bits per heavy atom. The number of methoxy groups -OCH3 is 2. The summed E-state index contributed by atoms with van der Waals surface area (Å²) in [6, 6.07) is 13.7. The number of amides is 1. The van der Waals surface area contributed by atoms with Crippen LogP contribution in [0.3, 0.4) is 0 Å². The van der Waals surface area contributed by atoms with Gasteiger partial charge in [-0.3, -0.25) is 14.6 Å². The Morgan fingerprint density at radius 3 is 2.66 bits per heavy atom. The van der Waals surface area contributed by atoms with Crippen molar-refractivity contribution in [3.05, 3.63) is 71.6 Å². The van der Waals surface area contributed by atoms with Crippen LogP contribution in [0.5, 0.6) is 0 Å². The van der Waals surface area contributed by atoms with Gasteiger partial charge in [-0.05, 0) is 73.3 Å². The van der Waals surface area contributed by atoms with Gasteiger partial charge in [-0.25, -0.2) is 0 Å². The summed E-state index contributed by atoms with van der Waals surface area (Å²) in [6.07, 6.45) is 9.38. The first-order valence-corrected chi connectivity index (χ1v) is 14.7. The first-order chi connectivity index (χ1) is 19.9. The average Bonchev–Trinajstić information content (AvgIpc) is 2.96. The minimum atomic E-state index is -1.05. The summed E-state index contributed by atoms with van der Waals surface area (Å²) < 4.78 is 22.4. The number of likely N-dealkylation sites (tertiary alicyclic amines) is 1. The Kier molecular flexibility index (Phi) is 11.1. The predicted molar refractivity (Wildman–Crippen MR) is 156 cm³/mol. The highest BCUT2D eigenvalue weighted by atomic mass is 16.7. The second-order valence-corrected chi connectivity index (χ2v) is 11.5. The minimum absolute atomic E-state index is 0.0216. The fourth-order valence-corrected chi connectivity index (χ4v) is 5.94. The number of ether oxygens (including phenoxy) is 4. The second kappa shape index (κ2) is 14.7. The SMILES string of the molecule is COCO[C@@]1(Cc2cc(/C3=C/CCCC(C(=O)OCc4ccccc4)CC3)ccn2)C(=O)N(COC)[C@H]1CC(C)C. The summed E-state index contributed by atoms with van der Waals surface area (Å²) in [5.74, 6) is 0.0228. The Balaban J connectivity index is 1.47. The number of hydrogen-bond donors (Lipinski definition) is 0. The zero-order chi connectivity index (χ0) is 29.2. The van der Waals surface area contributed by atoms with Gasteiger partial charge in [-0.1, -0.05) is 50.3 Å². The van der Waals surface area contributed by atoms with E-state index in [9.17, 15) is 9.59 Å². The summed E-state index contributed by atoms with van der Waals surface area (Å²) in [4.78, 5) is 32.8. The molecule has 0 N–H and O–H groups in total. The molecule has 2 aromatic rings. The summed E-state index contributed by atoms with van der Waals surface area (Å²) >= 11 is 0. The van der Waals surface area contributed by atoms with Gasteiger partial charge in [0.2, 0.25) is 0 Å². The smallest absolute Gasteiger partial charge is 0.309 e. The van der Waals surface area contributed by atoms with Crippen molar-refractivity contribution in [1.29, 1.82) is 0 Å². The van der Waals surface area contributed by atoms with Gasteiger partial charge in [0.15, 0.2) is 5.60 Å². The van der Waals surface area contributed by atoms with E-state index < -0.39 is 5.60 Å². The average molecular weight is 565 g/mol. The molecule has 8 heteroatoms. The molecular weight excluding hydrogens is 520 g/mol. The molecule has 1 aromatic heterocycles. The van der Waals surface area contributed by atoms with E-state index in [-0.39, 0.29) is 37.4 Å². The third-order valence-electron chi connectivity index (χ3n) is 8.03. The van der Waals surface area contributed by atoms with Crippen molar-refractivity contribution in [3.8, 4) is 0 Å². The van der Waals surface area contributed by atoms with Gasteiger partial charge in [0.25, 0.3) is 5.91 Å². The molecule has 1 aliphatic carbocycles. The summed E-state index contributed by atoms with van der Waals surface area (Å²) in [6.45, 7) is 4.83. The Morgan fingerprint density at radius 1 is 1.12 bits per heavy atom. The van der Waals surface area contributed by atoms with Crippen LogP contribution in [0.25, 0.3) is 5.57 Å². The summed E-state index contributed by atoms with van der Waals surface area (Å²) in [5.41, 5.74) is 3.00. The van der Waals surface area contributed by atoms with Gasteiger partial charge in [0, 0.05) is 32.5 Å². The molecule has 0 radical (unpaired) electrons. The molecule has 3 atom stereocenters. The number of nitrogens with zero attached hydrogens (tertiary/aromatic N) is 2. The number of carbonyl (C=O) groups is 2. The maximum absolute atomic E-state index is 13.5. The predicted octanol–water partition coefficient (Wildman–Crippen LogP) is 5.55. The van der Waals surface area contributed by atoms with Crippen molar-refractivity contribution >= 4 is 17.4 Å². The quantitative estimate of drug-likeness (QED) is 0.179. The second-order valence-electron chi connectivity index (χ2n) is 11.5. The molecule has 0 spiro atoms. The highest BCUT2D eigenvalue weighted by molar-refractivity contribution is 5.93. The van der Waals surface area contributed by atoms with Crippen molar-refractivity contribution in [3.63, 3.8) is 0 Å². The van der Waals surface area contributed by atoms with E-state index in [2.05, 4.69) is 31.0 Å². The number of allylic oxidation sites excluding steroid dienone is 2. The zero-order valence-electron chi connectivity index (χ0n) is 24.8. The Labute approximate surface area is 244 Å². The van der Waals surface area contributed by atoms with Crippen molar-refractivity contribution in [2.75, 3.05) is 27.7 Å². The normalized spacial score (nSPS) is 24.3. The lowest BCUT2D eigenvalue weighted by Crippen LogP contribution is -2.76. The van der Waals surface area contributed by atoms with E-state index in [1.807, 2.05) is 36.4 Å². The standard InChI is InChI=1S/C33H44N2O6/c1-24(2)18-30-33(41-23-39-4,32(37)35(30)22-38-3)20-29-19-28(16-17-34-29)26-12-8-9-13-27(15-14-26)31(36)40-21-25-10-6-5-7-11-25/h5-7,10-12,16-17,19,24,27,30H,8-9,13-15,18,20-23H2,1-4H3/b26-12+/t27?,30-,33+/m0/s1. The molecule has 1 amide bonds. The topological polar surface area (TPSA) is 87.2 Å². The number of benzene rings is 1. The van der Waals surface area contributed by atoms with Crippen LogP contribution in [0.1, 0.15) is 69.2 Å². The largest absolute Gasteiger partial charge is 0.461 e. The number of pyridine rings is 1. The van der Waals surface area contributed by atoms with Gasteiger partial charge >= 0.3 is 5.97 Å². The summed E-state index contributed by atoms with van der Waals surface area (Å²) in [7, 11) is 3.16. The van der Waals surface area contributed by atoms with Crippen LogP contribution in [-0.4, -0.2) is 61.1 Å². The van der Waals surface area contributed by atoms with E-state index >= 15 is 0 Å². The van der Waals surface area contributed by atoms with Crippen LogP contribution in [-0.2, 0) is 41.6 Å². The monoisotopic (exact) mass is 564 g/mol. The fourth-order valence-electron chi connectivity index (χ4n) is 5.94. The number of β-lactam (4-membered cyclic amide) rings is 1. The van der Waals surface area contributed by atoms with Gasteiger partial charge in [0.1, 0.15) is 20.1 Å². The van der Waals surface area contributed by atoms with Gasteiger partial charge < -0.3 is 23.8 Å². The fraction of sp³-hybridized carbons (Fsp3) is 0.545. The van der Waals surface area contributed by atoms with E-state index in [0.29, 0.717) is 18.9 Å². The molecule has 2 aliphatic rings. The molecule has 2 heterocycles. The van der Waals surface area contributed by atoms with Crippen molar-refractivity contribution in [2.24, 2.45) is 11.8 Å². The lowest BCUT2D eigenvalue weighted by atomic mass is 9.74. The molecular formula is C33H44N2O6. The molecule has 0 saturated carbocycles. The third kappa shape index (κ3) is 7.61. The number of esters is 1. The Bertz CT molecular complexity index is 1180. The molecule has 1 fully saturated rings. The van der Waals surface area contributed by atoms with E-state index in [0.717, 1.165) is 55.3 Å². The number of aromatic nitrogens is 1. The van der Waals surface area contributed by atoms with Crippen LogP contribution in [0.15, 0.2) is 54.7 Å². The number of hydrogen-bond acceptors (Lipinski definition) is 7. The van der Waals surface area contributed by atoms with E-state index in [4.69, 9.17) is 18.9 Å². The van der Waals surface area contributed by atoms with Crippen LogP contribution < -0.4 is 0 Å². The van der Waals surface area contributed by atoms with Crippen LogP contribution in [0.2, 0.25) is 0 Å². The lowest BCUT2D eigenvalue weighted by Gasteiger charge is -2.55. The molecule has 1 aromatic carbocycles. The lowest BCUT2D eigenvalue weighted by molar-refractivity contribution is -0.235. The molecule has 0 bridgehead atoms. The minimum Gasteiger partial charge on any atom is -0.461 e. The van der Waals surface area contributed by atoms with Crippen LogP contribution in [0, 0.1) is 11.8 Å². The van der Waals surface area contributed by atoms with E-state index in [1.54, 1.807) is 25.3 Å². The highest BCUT2D eigenvalue weighted by Crippen LogP contribution is 2.41. The first-order valence-electron chi connectivity index (χ1n) is 14.7. The van der Waals surface area contributed by atoms with E-state index in [1.165, 1.54) is 5.57 Å². The summed E-state index contributed by atoms with van der Waals surface area (Å²) in [5, 5.41) is 0. The van der Waals surface area contributed by atoms with Crippen molar-refractivity contribution in [2.45, 2.75) is 77.0 Å². The molecule has 4 rings (SSSR count). The Hall–Kier alpha value is -3.07. The number of rotatable bonds is 13. The molecule has 1 aliphatic heterocycles.